The van der Waals surface area contributed by atoms with Gasteiger partial charge in [-0.3, -0.25) is 0 Å². The van der Waals surface area contributed by atoms with Crippen molar-refractivity contribution in [2.75, 3.05) is 0 Å². The van der Waals surface area contributed by atoms with Gasteiger partial charge in [0.25, 0.3) is 0 Å². The zero-order valence-electron chi connectivity index (χ0n) is 10.6. The molecule has 2 heteroatoms. The van der Waals surface area contributed by atoms with E-state index in [0.29, 0.717) is 0 Å². The van der Waals surface area contributed by atoms with Crippen molar-refractivity contribution in [2.24, 2.45) is 11.1 Å². The lowest BCUT2D eigenvalue weighted by Gasteiger charge is -2.09. The predicted octanol–water partition coefficient (Wildman–Crippen LogP) is 4.39. The lowest BCUT2D eigenvalue weighted by Crippen LogP contribution is -1.97. The van der Waals surface area contributed by atoms with Gasteiger partial charge in [0.15, 0.2) is 0 Å². The quantitative estimate of drug-likeness (QED) is 0.288. The second-order valence-electron chi connectivity index (χ2n) is 4.69. The fourth-order valence-corrected chi connectivity index (χ4v) is 1.56. The van der Waals surface area contributed by atoms with Crippen LogP contribution in [-0.2, 0) is 0 Å². The Bertz CT molecular complexity index is 215. The standard InChI is InChI=1S/C13H25NO/c1-11(2)7-5-8-12(3)9-6-10-13(4)14-15/h7,12,15H,5-6,8-10H2,1-4H3/b14-13-/t12-/m1/s1. The van der Waals surface area contributed by atoms with Crippen LogP contribution in [0.2, 0.25) is 0 Å². The van der Waals surface area contributed by atoms with Gasteiger partial charge < -0.3 is 5.21 Å². The van der Waals surface area contributed by atoms with Crippen LogP contribution >= 0.6 is 0 Å². The Morgan fingerprint density at radius 3 is 2.47 bits per heavy atom. The van der Waals surface area contributed by atoms with E-state index in [1.54, 1.807) is 0 Å². The molecule has 0 spiro atoms. The van der Waals surface area contributed by atoms with Crippen LogP contribution in [0.4, 0.5) is 0 Å². The number of rotatable bonds is 7. The summed E-state index contributed by atoms with van der Waals surface area (Å²) in [6.07, 6.45) is 8.03. The van der Waals surface area contributed by atoms with Gasteiger partial charge in [-0.05, 0) is 52.4 Å². The first-order chi connectivity index (χ1) is 7.06. The summed E-state index contributed by atoms with van der Waals surface area (Å²) in [5.41, 5.74) is 2.25. The van der Waals surface area contributed by atoms with E-state index in [9.17, 15) is 0 Å². The fourth-order valence-electron chi connectivity index (χ4n) is 1.56. The van der Waals surface area contributed by atoms with Crippen molar-refractivity contribution in [1.29, 1.82) is 0 Å². The summed E-state index contributed by atoms with van der Waals surface area (Å²) < 4.78 is 0. The molecule has 15 heavy (non-hydrogen) atoms. The van der Waals surface area contributed by atoms with E-state index in [4.69, 9.17) is 5.21 Å². The van der Waals surface area contributed by atoms with Crippen LogP contribution < -0.4 is 0 Å². The molecule has 88 valence electrons. The molecule has 0 radical (unpaired) electrons. The van der Waals surface area contributed by atoms with Crippen molar-refractivity contribution in [2.45, 2.75) is 59.8 Å². The fraction of sp³-hybridized carbons (Fsp3) is 0.769. The number of allylic oxidation sites excluding steroid dienone is 2. The highest BCUT2D eigenvalue weighted by Gasteiger charge is 2.01. The molecule has 0 unspecified atom stereocenters. The van der Waals surface area contributed by atoms with Gasteiger partial charge in [-0.2, -0.15) is 0 Å². The van der Waals surface area contributed by atoms with Crippen LogP contribution in [0.1, 0.15) is 59.8 Å². The van der Waals surface area contributed by atoms with E-state index in [1.165, 1.54) is 24.8 Å². The molecule has 0 aromatic rings. The summed E-state index contributed by atoms with van der Waals surface area (Å²) in [6, 6.07) is 0. The third-order valence-electron chi connectivity index (χ3n) is 2.62. The molecule has 2 nitrogen and oxygen atoms in total. The van der Waals surface area contributed by atoms with Crippen molar-refractivity contribution < 1.29 is 5.21 Å². The molecule has 0 aliphatic heterocycles. The van der Waals surface area contributed by atoms with Crippen LogP contribution in [0.5, 0.6) is 0 Å². The van der Waals surface area contributed by atoms with Gasteiger partial charge in [-0.25, -0.2) is 0 Å². The zero-order valence-corrected chi connectivity index (χ0v) is 10.6. The zero-order chi connectivity index (χ0) is 11.7. The van der Waals surface area contributed by atoms with Crippen molar-refractivity contribution in [3.05, 3.63) is 11.6 Å². The second kappa shape index (κ2) is 8.51. The van der Waals surface area contributed by atoms with E-state index in [2.05, 4.69) is 32.0 Å². The van der Waals surface area contributed by atoms with Gasteiger partial charge in [0.2, 0.25) is 0 Å². The second-order valence-corrected chi connectivity index (χ2v) is 4.69. The van der Waals surface area contributed by atoms with Crippen molar-refractivity contribution in [3.63, 3.8) is 0 Å². The molecular formula is C13H25NO. The third kappa shape index (κ3) is 9.51. The molecule has 0 amide bonds. The van der Waals surface area contributed by atoms with E-state index < -0.39 is 0 Å². The van der Waals surface area contributed by atoms with Crippen LogP contribution in [0.3, 0.4) is 0 Å². The Hall–Kier alpha value is -0.790. The highest BCUT2D eigenvalue weighted by atomic mass is 16.4. The SMILES string of the molecule is CC(C)=CCC[C@@H](C)CCC/C(C)=N\O. The lowest BCUT2D eigenvalue weighted by molar-refractivity contribution is 0.316. The smallest absolute Gasteiger partial charge is 0.0540 e. The molecule has 0 aliphatic carbocycles. The summed E-state index contributed by atoms with van der Waals surface area (Å²) in [4.78, 5) is 0. The van der Waals surface area contributed by atoms with Crippen LogP contribution in [-0.4, -0.2) is 10.9 Å². The average molecular weight is 211 g/mol. The predicted molar refractivity (Wildman–Crippen MR) is 66.6 cm³/mol. The molecule has 0 rings (SSSR count). The number of nitrogens with zero attached hydrogens (tertiary/aromatic N) is 1. The minimum absolute atomic E-state index is 0.770. The topological polar surface area (TPSA) is 32.6 Å². The first kappa shape index (κ1) is 14.2. The molecule has 0 bridgehead atoms. The number of hydrogen-bond acceptors (Lipinski definition) is 2. The molecule has 0 aromatic carbocycles. The van der Waals surface area contributed by atoms with Crippen molar-refractivity contribution in [3.8, 4) is 0 Å². The Morgan fingerprint density at radius 1 is 1.27 bits per heavy atom. The molecule has 0 aliphatic rings. The normalized spacial score (nSPS) is 13.7. The van der Waals surface area contributed by atoms with Gasteiger partial charge in [-0.1, -0.05) is 30.1 Å². The molecular weight excluding hydrogens is 186 g/mol. The largest absolute Gasteiger partial charge is 0.411 e. The summed E-state index contributed by atoms with van der Waals surface area (Å²) in [6.45, 7) is 8.45. The molecule has 1 N–H and O–H groups in total. The maximum atomic E-state index is 8.48. The Kier molecular flexibility index (Phi) is 8.06. The summed E-state index contributed by atoms with van der Waals surface area (Å²) in [5.74, 6) is 0.770. The first-order valence-corrected chi connectivity index (χ1v) is 5.87. The van der Waals surface area contributed by atoms with E-state index in [-0.39, 0.29) is 0 Å². The molecule has 0 heterocycles. The van der Waals surface area contributed by atoms with E-state index >= 15 is 0 Å². The van der Waals surface area contributed by atoms with Gasteiger partial charge in [0.1, 0.15) is 0 Å². The first-order valence-electron chi connectivity index (χ1n) is 5.87. The Balaban J connectivity index is 3.49. The molecule has 1 atom stereocenters. The minimum atomic E-state index is 0.770. The molecule has 0 fully saturated rings. The van der Waals surface area contributed by atoms with Crippen molar-refractivity contribution >= 4 is 5.71 Å². The number of hydrogen-bond donors (Lipinski definition) is 1. The summed E-state index contributed by atoms with van der Waals surface area (Å²) in [7, 11) is 0. The third-order valence-corrected chi connectivity index (χ3v) is 2.62. The monoisotopic (exact) mass is 211 g/mol. The Labute approximate surface area is 94.1 Å². The molecule has 0 saturated carbocycles. The number of oxime groups is 1. The maximum Gasteiger partial charge on any atom is 0.0540 e. The van der Waals surface area contributed by atoms with Crippen LogP contribution in [0.15, 0.2) is 16.8 Å². The van der Waals surface area contributed by atoms with Gasteiger partial charge in [-0.15, -0.1) is 0 Å². The average Bonchev–Trinajstić information content (AvgIpc) is 2.17. The Morgan fingerprint density at radius 2 is 1.93 bits per heavy atom. The van der Waals surface area contributed by atoms with E-state index in [0.717, 1.165) is 24.5 Å². The minimum Gasteiger partial charge on any atom is -0.411 e. The van der Waals surface area contributed by atoms with E-state index in [1.807, 2.05) is 6.92 Å². The summed E-state index contributed by atoms with van der Waals surface area (Å²) in [5, 5.41) is 11.7. The highest BCUT2D eigenvalue weighted by Crippen LogP contribution is 2.15. The van der Waals surface area contributed by atoms with Gasteiger partial charge in [0.05, 0.1) is 5.71 Å². The summed E-state index contributed by atoms with van der Waals surface area (Å²) >= 11 is 0. The maximum absolute atomic E-state index is 8.48. The van der Waals surface area contributed by atoms with Crippen LogP contribution in [0, 0.1) is 5.92 Å². The molecule has 0 saturated heterocycles. The van der Waals surface area contributed by atoms with Crippen molar-refractivity contribution in [1.82, 2.24) is 0 Å². The highest BCUT2D eigenvalue weighted by molar-refractivity contribution is 5.81. The van der Waals surface area contributed by atoms with Crippen LogP contribution in [0.25, 0.3) is 0 Å². The van der Waals surface area contributed by atoms with Gasteiger partial charge in [0, 0.05) is 0 Å². The lowest BCUT2D eigenvalue weighted by atomic mass is 9.97. The van der Waals surface area contributed by atoms with Gasteiger partial charge >= 0.3 is 0 Å². The molecule has 0 aromatic heterocycles.